The van der Waals surface area contributed by atoms with E-state index in [1.54, 1.807) is 26.8 Å². The summed E-state index contributed by atoms with van der Waals surface area (Å²) in [5, 5.41) is 13.3. The van der Waals surface area contributed by atoms with Crippen LogP contribution in [-0.2, 0) is 0 Å². The van der Waals surface area contributed by atoms with Gasteiger partial charge in [0.25, 0.3) is 5.91 Å². The van der Waals surface area contributed by atoms with Crippen LogP contribution in [0.1, 0.15) is 37.0 Å². The van der Waals surface area contributed by atoms with E-state index < -0.39 is 5.60 Å². The molecule has 0 spiro atoms. The minimum absolute atomic E-state index is 0.212. The van der Waals surface area contributed by atoms with E-state index in [4.69, 9.17) is 4.52 Å². The van der Waals surface area contributed by atoms with Gasteiger partial charge < -0.3 is 14.5 Å². The average molecular weight is 226 g/mol. The van der Waals surface area contributed by atoms with Gasteiger partial charge in [-0.05, 0) is 27.7 Å². The fourth-order valence-electron chi connectivity index (χ4n) is 1.41. The summed E-state index contributed by atoms with van der Waals surface area (Å²) in [5.74, 6) is -0.0335. The average Bonchev–Trinajstić information content (AvgIpc) is 2.58. The predicted molar refractivity (Wildman–Crippen MR) is 59.1 cm³/mol. The number of hydrogen-bond donors (Lipinski definition) is 1. The van der Waals surface area contributed by atoms with Crippen LogP contribution in [0.4, 0.5) is 0 Å². The number of hydrogen-bond acceptors (Lipinski definition) is 4. The summed E-state index contributed by atoms with van der Waals surface area (Å²) in [5.41, 5.74) is -0.247. The quantitative estimate of drug-likeness (QED) is 0.838. The zero-order valence-electron chi connectivity index (χ0n) is 10.1. The highest BCUT2D eigenvalue weighted by molar-refractivity contribution is 5.91. The Morgan fingerprint density at radius 2 is 2.25 bits per heavy atom. The summed E-state index contributed by atoms with van der Waals surface area (Å²) in [6.45, 7) is 7.72. The van der Waals surface area contributed by atoms with Gasteiger partial charge in [-0.3, -0.25) is 4.79 Å². The van der Waals surface area contributed by atoms with Crippen molar-refractivity contribution in [2.24, 2.45) is 0 Å². The van der Waals surface area contributed by atoms with E-state index in [1.807, 2.05) is 6.92 Å². The number of likely N-dealkylation sites (N-methyl/N-ethyl adjacent to an activating group) is 1. The van der Waals surface area contributed by atoms with Crippen LogP contribution in [0.3, 0.4) is 0 Å². The van der Waals surface area contributed by atoms with E-state index in [0.29, 0.717) is 12.2 Å². The van der Waals surface area contributed by atoms with Crippen LogP contribution in [0, 0.1) is 6.92 Å². The minimum atomic E-state index is -0.916. The molecule has 0 aliphatic carbocycles. The maximum absolute atomic E-state index is 11.9. The number of amides is 1. The molecular formula is C11H18N2O3. The highest BCUT2D eigenvalue weighted by Gasteiger charge is 2.24. The fourth-order valence-corrected chi connectivity index (χ4v) is 1.41. The summed E-state index contributed by atoms with van der Waals surface area (Å²) in [4.78, 5) is 13.5. The molecule has 1 aromatic rings. The zero-order chi connectivity index (χ0) is 12.3. The second-order valence-electron chi connectivity index (χ2n) is 4.46. The van der Waals surface area contributed by atoms with Crippen molar-refractivity contribution in [1.29, 1.82) is 0 Å². The van der Waals surface area contributed by atoms with Crippen molar-refractivity contribution in [3.05, 3.63) is 17.5 Å². The van der Waals surface area contributed by atoms with Crippen molar-refractivity contribution in [1.82, 2.24) is 10.1 Å². The first-order valence-corrected chi connectivity index (χ1v) is 5.28. The van der Waals surface area contributed by atoms with Gasteiger partial charge in [0, 0.05) is 19.2 Å². The molecule has 1 heterocycles. The Morgan fingerprint density at radius 1 is 1.62 bits per heavy atom. The van der Waals surface area contributed by atoms with Crippen molar-refractivity contribution >= 4 is 5.91 Å². The minimum Gasteiger partial charge on any atom is -0.389 e. The second kappa shape index (κ2) is 4.65. The highest BCUT2D eigenvalue weighted by atomic mass is 16.5. The molecule has 1 amide bonds. The molecule has 5 nitrogen and oxygen atoms in total. The molecular weight excluding hydrogens is 208 g/mol. The van der Waals surface area contributed by atoms with E-state index in [0.717, 1.165) is 0 Å². The van der Waals surface area contributed by atoms with Crippen LogP contribution in [0.2, 0.25) is 0 Å². The van der Waals surface area contributed by atoms with Gasteiger partial charge in [-0.1, -0.05) is 5.16 Å². The lowest BCUT2D eigenvalue weighted by molar-refractivity contribution is 0.0294. The molecule has 0 saturated heterocycles. The Bertz CT molecular complexity index is 366. The normalized spacial score (nSPS) is 11.6. The topological polar surface area (TPSA) is 66.6 Å². The van der Waals surface area contributed by atoms with Crippen LogP contribution in [0.5, 0.6) is 0 Å². The fraction of sp³-hybridized carbons (Fsp3) is 0.636. The number of aryl methyl sites for hydroxylation is 1. The van der Waals surface area contributed by atoms with E-state index in [1.165, 1.54) is 4.90 Å². The predicted octanol–water partition coefficient (Wildman–Crippen LogP) is 1.22. The van der Waals surface area contributed by atoms with Crippen LogP contribution in [0.15, 0.2) is 10.6 Å². The molecule has 1 rings (SSSR count). The molecule has 0 radical (unpaired) electrons. The third-order valence-electron chi connectivity index (χ3n) is 2.09. The van der Waals surface area contributed by atoms with Crippen molar-refractivity contribution in [2.45, 2.75) is 33.3 Å². The van der Waals surface area contributed by atoms with E-state index >= 15 is 0 Å². The van der Waals surface area contributed by atoms with Gasteiger partial charge in [-0.2, -0.15) is 0 Å². The maximum Gasteiger partial charge on any atom is 0.292 e. The summed E-state index contributed by atoms with van der Waals surface area (Å²) >= 11 is 0. The molecule has 1 N–H and O–H groups in total. The van der Waals surface area contributed by atoms with Crippen molar-refractivity contribution in [3.8, 4) is 0 Å². The third kappa shape index (κ3) is 3.34. The molecule has 0 saturated carbocycles. The van der Waals surface area contributed by atoms with Crippen LogP contribution >= 0.6 is 0 Å². The molecule has 16 heavy (non-hydrogen) atoms. The van der Waals surface area contributed by atoms with E-state index in [-0.39, 0.29) is 18.2 Å². The summed E-state index contributed by atoms with van der Waals surface area (Å²) < 4.78 is 4.90. The van der Waals surface area contributed by atoms with Crippen LogP contribution in [0.25, 0.3) is 0 Å². The summed E-state index contributed by atoms with van der Waals surface area (Å²) in [6.07, 6.45) is 0. The summed E-state index contributed by atoms with van der Waals surface area (Å²) in [7, 11) is 0. The molecule has 0 atom stereocenters. The first-order valence-electron chi connectivity index (χ1n) is 5.28. The molecule has 0 unspecified atom stereocenters. The standard InChI is InChI=1S/C11H18N2O3/c1-5-13(7-11(3,4)15)10(14)9-6-8(2)12-16-9/h6,15H,5,7H2,1-4H3. The molecule has 0 aliphatic rings. The number of carbonyl (C=O) groups is 1. The van der Waals surface area contributed by atoms with Gasteiger partial charge in [0.05, 0.1) is 11.3 Å². The Morgan fingerprint density at radius 3 is 2.62 bits per heavy atom. The molecule has 1 aromatic heterocycles. The molecule has 5 heteroatoms. The Kier molecular flexibility index (Phi) is 3.70. The summed E-state index contributed by atoms with van der Waals surface area (Å²) in [6, 6.07) is 1.59. The van der Waals surface area contributed by atoms with E-state index in [2.05, 4.69) is 5.16 Å². The lowest BCUT2D eigenvalue weighted by atomic mass is 10.1. The lowest BCUT2D eigenvalue weighted by Gasteiger charge is -2.27. The van der Waals surface area contributed by atoms with Crippen molar-refractivity contribution < 1.29 is 14.4 Å². The van der Waals surface area contributed by atoms with E-state index in [9.17, 15) is 9.90 Å². The monoisotopic (exact) mass is 226 g/mol. The second-order valence-corrected chi connectivity index (χ2v) is 4.46. The number of aromatic nitrogens is 1. The molecule has 0 bridgehead atoms. The van der Waals surface area contributed by atoms with Gasteiger partial charge in [0.1, 0.15) is 0 Å². The number of carbonyl (C=O) groups excluding carboxylic acids is 1. The van der Waals surface area contributed by atoms with Crippen LogP contribution in [-0.4, -0.2) is 39.8 Å². The highest BCUT2D eigenvalue weighted by Crippen LogP contribution is 2.10. The third-order valence-corrected chi connectivity index (χ3v) is 2.09. The molecule has 0 aromatic carbocycles. The van der Waals surface area contributed by atoms with Gasteiger partial charge in [-0.15, -0.1) is 0 Å². The van der Waals surface area contributed by atoms with Crippen LogP contribution < -0.4 is 0 Å². The lowest BCUT2D eigenvalue weighted by Crippen LogP contribution is -2.42. The van der Waals surface area contributed by atoms with Gasteiger partial charge >= 0.3 is 0 Å². The van der Waals surface area contributed by atoms with Crippen molar-refractivity contribution in [3.63, 3.8) is 0 Å². The smallest absolute Gasteiger partial charge is 0.292 e. The Balaban J connectivity index is 2.78. The Labute approximate surface area is 95.0 Å². The van der Waals surface area contributed by atoms with Crippen molar-refractivity contribution in [2.75, 3.05) is 13.1 Å². The largest absolute Gasteiger partial charge is 0.389 e. The van der Waals surface area contributed by atoms with Gasteiger partial charge in [-0.25, -0.2) is 0 Å². The SMILES string of the molecule is CCN(CC(C)(C)O)C(=O)c1cc(C)no1. The number of rotatable bonds is 4. The number of aliphatic hydroxyl groups is 1. The molecule has 0 aliphatic heterocycles. The number of nitrogens with zero attached hydrogens (tertiary/aromatic N) is 2. The maximum atomic E-state index is 11.9. The first kappa shape index (κ1) is 12.7. The zero-order valence-corrected chi connectivity index (χ0v) is 10.1. The van der Waals surface area contributed by atoms with Gasteiger partial charge in [0.2, 0.25) is 5.76 Å². The molecule has 90 valence electrons. The molecule has 0 fully saturated rings. The first-order chi connectivity index (χ1) is 7.33. The Hall–Kier alpha value is -1.36. The van der Waals surface area contributed by atoms with Gasteiger partial charge in [0.15, 0.2) is 0 Å².